The number of ether oxygens (including phenoxy) is 1. The summed E-state index contributed by atoms with van der Waals surface area (Å²) in [7, 11) is 0. The molecule has 0 atom stereocenters. The van der Waals surface area contributed by atoms with Gasteiger partial charge >= 0.3 is 5.30 Å². The molecule has 0 aliphatic heterocycles. The fourth-order valence-electron chi connectivity index (χ4n) is 0.227. The number of carbonyl (C=O) groups excluding carboxylic acids is 1. The number of thioether (sulfide) groups is 1. The van der Waals surface area contributed by atoms with Crippen molar-refractivity contribution < 1.29 is 9.53 Å². The lowest BCUT2D eigenvalue weighted by Gasteiger charge is -1.96. The molecule has 0 N–H and O–H groups in total. The molecule has 2 nitrogen and oxygen atoms in total. The summed E-state index contributed by atoms with van der Waals surface area (Å²) in [6.07, 6.45) is 4.15. The number of rotatable bonds is 2. The first-order valence-corrected chi connectivity index (χ1v) is 3.38. The molecule has 3 heteroatoms. The summed E-state index contributed by atoms with van der Waals surface area (Å²) in [6.45, 7) is 2.45. The SMILES string of the molecule is [CH2]SC(=O)OCCC. The van der Waals surface area contributed by atoms with Crippen molar-refractivity contribution in [3.8, 4) is 0 Å². The van der Waals surface area contributed by atoms with E-state index >= 15 is 0 Å². The van der Waals surface area contributed by atoms with Crippen LogP contribution in [0.25, 0.3) is 0 Å². The Morgan fingerprint density at radius 3 is 2.88 bits per heavy atom. The Labute approximate surface area is 53.6 Å². The molecule has 8 heavy (non-hydrogen) atoms. The van der Waals surface area contributed by atoms with E-state index in [2.05, 4.69) is 11.0 Å². The Morgan fingerprint density at radius 1 is 1.88 bits per heavy atom. The van der Waals surface area contributed by atoms with Crippen LogP contribution >= 0.6 is 11.8 Å². The van der Waals surface area contributed by atoms with Gasteiger partial charge in [0.2, 0.25) is 0 Å². The largest absolute Gasteiger partial charge is 0.458 e. The third-order valence-electron chi connectivity index (χ3n) is 0.542. The van der Waals surface area contributed by atoms with Gasteiger partial charge in [0.25, 0.3) is 0 Å². The van der Waals surface area contributed by atoms with Crippen molar-refractivity contribution in [1.82, 2.24) is 0 Å². The predicted octanol–water partition coefficient (Wildman–Crippen LogP) is 2.06. The minimum Gasteiger partial charge on any atom is -0.458 e. The summed E-state index contributed by atoms with van der Waals surface area (Å²) in [6, 6.07) is 0. The summed E-state index contributed by atoms with van der Waals surface area (Å²) in [5.74, 6) is 0. The van der Waals surface area contributed by atoms with Gasteiger partial charge in [0, 0.05) is 6.26 Å². The first kappa shape index (κ1) is 7.82. The fraction of sp³-hybridized carbons (Fsp3) is 0.600. The second kappa shape index (κ2) is 4.97. The number of carbonyl (C=O) groups is 1. The van der Waals surface area contributed by atoms with E-state index < -0.39 is 0 Å². The molecule has 0 spiro atoms. The highest BCUT2D eigenvalue weighted by molar-refractivity contribution is 8.14. The Balaban J connectivity index is 2.99. The monoisotopic (exact) mass is 133 g/mol. The molecule has 0 saturated heterocycles. The van der Waals surface area contributed by atoms with Gasteiger partial charge in [-0.25, -0.2) is 4.79 Å². The molecule has 0 aromatic rings. The molecular formula is C5H9O2S. The van der Waals surface area contributed by atoms with Crippen LogP contribution in [0.2, 0.25) is 0 Å². The number of hydrogen-bond donors (Lipinski definition) is 0. The summed E-state index contributed by atoms with van der Waals surface area (Å²) in [4.78, 5) is 10.2. The average Bonchev–Trinajstić information content (AvgIpc) is 1.83. The van der Waals surface area contributed by atoms with Crippen molar-refractivity contribution in [2.24, 2.45) is 0 Å². The van der Waals surface area contributed by atoms with Crippen molar-refractivity contribution in [3.63, 3.8) is 0 Å². The van der Waals surface area contributed by atoms with Crippen LogP contribution in [0.1, 0.15) is 13.3 Å². The Hall–Kier alpha value is -0.180. The van der Waals surface area contributed by atoms with Crippen molar-refractivity contribution in [3.05, 3.63) is 6.26 Å². The second-order valence-electron chi connectivity index (χ2n) is 1.24. The van der Waals surface area contributed by atoms with Crippen LogP contribution in [0.15, 0.2) is 0 Å². The van der Waals surface area contributed by atoms with Crippen molar-refractivity contribution in [2.45, 2.75) is 13.3 Å². The van der Waals surface area contributed by atoms with Gasteiger partial charge in [-0.3, -0.25) is 0 Å². The zero-order valence-corrected chi connectivity index (χ0v) is 5.66. The topological polar surface area (TPSA) is 26.3 Å². The van der Waals surface area contributed by atoms with E-state index in [9.17, 15) is 4.79 Å². The number of hydrogen-bond acceptors (Lipinski definition) is 3. The van der Waals surface area contributed by atoms with E-state index in [4.69, 9.17) is 0 Å². The second-order valence-corrected chi connectivity index (χ2v) is 1.86. The molecule has 0 aliphatic rings. The van der Waals surface area contributed by atoms with E-state index in [-0.39, 0.29) is 5.30 Å². The molecule has 0 saturated carbocycles. The third kappa shape index (κ3) is 3.99. The molecule has 0 amide bonds. The van der Waals surface area contributed by atoms with Gasteiger partial charge in [0.15, 0.2) is 0 Å². The van der Waals surface area contributed by atoms with Crippen LogP contribution in [0.4, 0.5) is 4.79 Å². The first-order valence-electron chi connectivity index (χ1n) is 2.40. The quantitative estimate of drug-likeness (QED) is 0.539. The zero-order chi connectivity index (χ0) is 6.41. The Morgan fingerprint density at radius 2 is 2.50 bits per heavy atom. The van der Waals surface area contributed by atoms with E-state index in [1.165, 1.54) is 0 Å². The van der Waals surface area contributed by atoms with Gasteiger partial charge in [0.1, 0.15) is 0 Å². The molecule has 0 aliphatic carbocycles. The lowest BCUT2D eigenvalue weighted by molar-refractivity contribution is 0.175. The predicted molar refractivity (Wildman–Crippen MR) is 34.6 cm³/mol. The maximum absolute atomic E-state index is 10.2. The highest BCUT2D eigenvalue weighted by Gasteiger charge is 1.94. The molecule has 0 aromatic heterocycles. The lowest BCUT2D eigenvalue weighted by Crippen LogP contribution is -1.95. The highest BCUT2D eigenvalue weighted by Crippen LogP contribution is 2.00. The van der Waals surface area contributed by atoms with Gasteiger partial charge in [-0.1, -0.05) is 6.92 Å². The van der Waals surface area contributed by atoms with Gasteiger partial charge in [0.05, 0.1) is 6.61 Å². The molecule has 0 fully saturated rings. The molecule has 0 bridgehead atoms. The standard InChI is InChI=1S/C5H9O2S/c1-3-4-7-5(6)8-2/h2-4H2,1H3. The lowest BCUT2D eigenvalue weighted by atomic mass is 10.5. The molecule has 47 valence electrons. The summed E-state index contributed by atoms with van der Waals surface area (Å²) >= 11 is 0.854. The van der Waals surface area contributed by atoms with Crippen LogP contribution in [-0.4, -0.2) is 11.9 Å². The van der Waals surface area contributed by atoms with Crippen LogP contribution < -0.4 is 0 Å². The molecule has 0 aromatic carbocycles. The van der Waals surface area contributed by atoms with Gasteiger partial charge in [-0.2, -0.15) is 0 Å². The molecule has 0 heterocycles. The molecule has 0 rings (SSSR count). The fourth-order valence-corrected chi connectivity index (χ4v) is 0.394. The molecule has 1 radical (unpaired) electrons. The summed E-state index contributed by atoms with van der Waals surface area (Å²) in [5, 5.41) is -0.299. The Kier molecular flexibility index (Phi) is 4.85. The average molecular weight is 133 g/mol. The smallest absolute Gasteiger partial charge is 0.367 e. The van der Waals surface area contributed by atoms with Crippen LogP contribution in [0.3, 0.4) is 0 Å². The van der Waals surface area contributed by atoms with Crippen LogP contribution in [-0.2, 0) is 4.74 Å². The van der Waals surface area contributed by atoms with E-state index in [0.717, 1.165) is 18.2 Å². The minimum atomic E-state index is -0.299. The minimum absolute atomic E-state index is 0.299. The van der Waals surface area contributed by atoms with Gasteiger partial charge in [-0.05, 0) is 18.2 Å². The Bertz CT molecular complexity index is 72.8. The third-order valence-corrected chi connectivity index (χ3v) is 0.895. The van der Waals surface area contributed by atoms with Gasteiger partial charge < -0.3 is 4.74 Å². The van der Waals surface area contributed by atoms with Crippen LogP contribution in [0, 0.1) is 6.26 Å². The van der Waals surface area contributed by atoms with E-state index in [0.29, 0.717) is 6.61 Å². The molecular weight excluding hydrogens is 124 g/mol. The molecule has 0 unspecified atom stereocenters. The van der Waals surface area contributed by atoms with E-state index in [1.54, 1.807) is 0 Å². The highest BCUT2D eigenvalue weighted by atomic mass is 32.2. The maximum atomic E-state index is 10.2. The van der Waals surface area contributed by atoms with Crippen molar-refractivity contribution in [2.75, 3.05) is 6.61 Å². The van der Waals surface area contributed by atoms with Crippen molar-refractivity contribution in [1.29, 1.82) is 0 Å². The van der Waals surface area contributed by atoms with Gasteiger partial charge in [-0.15, -0.1) is 0 Å². The maximum Gasteiger partial charge on any atom is 0.367 e. The zero-order valence-electron chi connectivity index (χ0n) is 4.85. The van der Waals surface area contributed by atoms with E-state index in [1.807, 2.05) is 6.92 Å². The van der Waals surface area contributed by atoms with Crippen molar-refractivity contribution >= 4 is 17.1 Å². The van der Waals surface area contributed by atoms with Crippen LogP contribution in [0.5, 0.6) is 0 Å². The summed E-state index contributed by atoms with van der Waals surface area (Å²) in [5.41, 5.74) is 0. The first-order chi connectivity index (χ1) is 3.81. The normalized spacial score (nSPS) is 8.75. The summed E-state index contributed by atoms with van der Waals surface area (Å²) < 4.78 is 4.60.